The monoisotopic (exact) mass is 211 g/mol. The lowest BCUT2D eigenvalue weighted by molar-refractivity contribution is -0.119. The van der Waals surface area contributed by atoms with Crippen LogP contribution in [0.15, 0.2) is 6.20 Å². The van der Waals surface area contributed by atoms with E-state index in [-0.39, 0.29) is 5.13 Å². The van der Waals surface area contributed by atoms with Gasteiger partial charge in [-0.05, 0) is 0 Å². The lowest BCUT2D eigenvalue weighted by Crippen LogP contribution is -2.30. The highest BCUT2D eigenvalue weighted by Crippen LogP contribution is 2.25. The van der Waals surface area contributed by atoms with Gasteiger partial charge in [-0.1, -0.05) is 11.3 Å². The number of aromatic nitrogens is 1. The van der Waals surface area contributed by atoms with E-state index in [4.69, 9.17) is 5.73 Å². The number of halogens is 3. The highest BCUT2D eigenvalue weighted by Gasteiger charge is 2.30. The van der Waals surface area contributed by atoms with Crippen LogP contribution in [-0.4, -0.2) is 24.8 Å². The SMILES string of the molecule is CN(CC(F)(F)F)c1ncc(N)s1. The third kappa shape index (κ3) is 3.10. The van der Waals surface area contributed by atoms with Crippen LogP contribution in [0, 0.1) is 0 Å². The van der Waals surface area contributed by atoms with E-state index in [2.05, 4.69) is 4.98 Å². The average molecular weight is 211 g/mol. The van der Waals surface area contributed by atoms with Gasteiger partial charge in [0.25, 0.3) is 0 Å². The van der Waals surface area contributed by atoms with Gasteiger partial charge >= 0.3 is 6.18 Å². The molecule has 0 radical (unpaired) electrons. The second-order valence-corrected chi connectivity index (χ2v) is 3.56. The van der Waals surface area contributed by atoms with Gasteiger partial charge in [-0.25, -0.2) is 4.98 Å². The summed E-state index contributed by atoms with van der Waals surface area (Å²) in [5.41, 5.74) is 5.33. The molecule has 13 heavy (non-hydrogen) atoms. The van der Waals surface area contributed by atoms with Crippen molar-refractivity contribution in [2.75, 3.05) is 24.2 Å². The second kappa shape index (κ2) is 3.41. The predicted molar refractivity (Wildman–Crippen MR) is 45.9 cm³/mol. The van der Waals surface area contributed by atoms with Crippen molar-refractivity contribution < 1.29 is 13.2 Å². The predicted octanol–water partition coefficient (Wildman–Crippen LogP) is 1.72. The fourth-order valence-electron chi connectivity index (χ4n) is 0.790. The molecule has 1 rings (SSSR count). The van der Waals surface area contributed by atoms with Crippen molar-refractivity contribution in [2.45, 2.75) is 6.18 Å². The number of anilines is 2. The minimum atomic E-state index is -4.21. The van der Waals surface area contributed by atoms with Crippen LogP contribution >= 0.6 is 11.3 Å². The van der Waals surface area contributed by atoms with Gasteiger partial charge in [0.05, 0.1) is 6.20 Å². The first-order valence-corrected chi connectivity index (χ1v) is 4.19. The molecule has 0 fully saturated rings. The molecule has 3 nitrogen and oxygen atoms in total. The Morgan fingerprint density at radius 1 is 1.62 bits per heavy atom. The largest absolute Gasteiger partial charge is 0.405 e. The van der Waals surface area contributed by atoms with E-state index in [1.165, 1.54) is 13.2 Å². The van der Waals surface area contributed by atoms with E-state index in [9.17, 15) is 13.2 Å². The summed E-state index contributed by atoms with van der Waals surface area (Å²) in [4.78, 5) is 4.73. The molecule has 7 heteroatoms. The molecule has 74 valence electrons. The number of thiazole rings is 1. The summed E-state index contributed by atoms with van der Waals surface area (Å²) in [6.07, 6.45) is -2.87. The van der Waals surface area contributed by atoms with Crippen molar-refractivity contribution in [1.29, 1.82) is 0 Å². The molecule has 0 aliphatic carbocycles. The Morgan fingerprint density at radius 3 is 2.62 bits per heavy atom. The fraction of sp³-hybridized carbons (Fsp3) is 0.500. The molecule has 0 aliphatic rings. The molecule has 0 atom stereocenters. The number of alkyl halides is 3. The van der Waals surface area contributed by atoms with Crippen LogP contribution in [0.5, 0.6) is 0 Å². The van der Waals surface area contributed by atoms with E-state index in [0.29, 0.717) is 5.00 Å². The first kappa shape index (κ1) is 10.1. The maximum absolute atomic E-state index is 11.9. The van der Waals surface area contributed by atoms with Gasteiger partial charge in [0, 0.05) is 7.05 Å². The Bertz CT molecular complexity index is 283. The summed E-state index contributed by atoms with van der Waals surface area (Å²) in [7, 11) is 1.33. The molecule has 0 unspecified atom stereocenters. The van der Waals surface area contributed by atoms with Gasteiger partial charge in [0.1, 0.15) is 11.5 Å². The second-order valence-electron chi connectivity index (χ2n) is 2.52. The number of hydrogen-bond donors (Lipinski definition) is 1. The van der Waals surface area contributed by atoms with Gasteiger partial charge in [-0.15, -0.1) is 0 Å². The number of rotatable bonds is 2. The van der Waals surface area contributed by atoms with Crippen LogP contribution in [0.1, 0.15) is 0 Å². The number of nitrogens with two attached hydrogens (primary N) is 1. The quantitative estimate of drug-likeness (QED) is 0.809. The Labute approximate surface area is 77.0 Å². The van der Waals surface area contributed by atoms with Crippen molar-refractivity contribution in [3.63, 3.8) is 0 Å². The molecular formula is C6H8F3N3S. The van der Waals surface area contributed by atoms with Crippen LogP contribution < -0.4 is 10.6 Å². The minimum absolute atomic E-state index is 0.273. The summed E-state index contributed by atoms with van der Waals surface area (Å²) in [5.74, 6) is 0. The molecule has 1 aromatic heterocycles. The fourth-order valence-corrected chi connectivity index (χ4v) is 1.43. The molecule has 0 saturated heterocycles. The van der Waals surface area contributed by atoms with Gasteiger partial charge in [0.15, 0.2) is 5.13 Å². The van der Waals surface area contributed by atoms with Crippen LogP contribution in [0.25, 0.3) is 0 Å². The summed E-state index contributed by atoms with van der Waals surface area (Å²) in [6, 6.07) is 0. The molecule has 1 heterocycles. The Kier molecular flexibility index (Phi) is 2.65. The van der Waals surface area contributed by atoms with E-state index in [1.54, 1.807) is 0 Å². The van der Waals surface area contributed by atoms with Gasteiger partial charge in [-0.3, -0.25) is 0 Å². The zero-order chi connectivity index (χ0) is 10.1. The molecule has 0 amide bonds. The van der Waals surface area contributed by atoms with Gasteiger partial charge in [0.2, 0.25) is 0 Å². The number of hydrogen-bond acceptors (Lipinski definition) is 4. The zero-order valence-electron chi connectivity index (χ0n) is 6.80. The molecular weight excluding hydrogens is 203 g/mol. The van der Waals surface area contributed by atoms with E-state index < -0.39 is 12.7 Å². The average Bonchev–Trinajstić information content (AvgIpc) is 2.31. The molecule has 0 bridgehead atoms. The van der Waals surface area contributed by atoms with Gasteiger partial charge < -0.3 is 10.6 Å². The Morgan fingerprint density at radius 2 is 2.23 bits per heavy atom. The van der Waals surface area contributed by atoms with Crippen molar-refractivity contribution in [3.8, 4) is 0 Å². The third-order valence-corrected chi connectivity index (χ3v) is 2.20. The smallest absolute Gasteiger partial charge is 0.389 e. The molecule has 0 spiro atoms. The van der Waals surface area contributed by atoms with E-state index in [1.807, 2.05) is 0 Å². The summed E-state index contributed by atoms with van der Waals surface area (Å²) < 4.78 is 35.7. The highest BCUT2D eigenvalue weighted by molar-refractivity contribution is 7.19. The third-order valence-electron chi connectivity index (χ3n) is 1.25. The normalized spacial score (nSPS) is 11.7. The maximum Gasteiger partial charge on any atom is 0.405 e. The first-order chi connectivity index (χ1) is 5.88. The summed E-state index contributed by atoms with van der Waals surface area (Å²) >= 11 is 1.03. The van der Waals surface area contributed by atoms with Crippen molar-refractivity contribution >= 4 is 21.5 Å². The molecule has 1 aromatic rings. The number of nitrogen functional groups attached to an aromatic ring is 1. The zero-order valence-corrected chi connectivity index (χ0v) is 7.61. The van der Waals surface area contributed by atoms with Crippen LogP contribution in [-0.2, 0) is 0 Å². The first-order valence-electron chi connectivity index (χ1n) is 3.37. The molecule has 0 aromatic carbocycles. The van der Waals surface area contributed by atoms with E-state index >= 15 is 0 Å². The van der Waals surface area contributed by atoms with Crippen molar-refractivity contribution in [1.82, 2.24) is 4.98 Å². The maximum atomic E-state index is 11.9. The van der Waals surface area contributed by atoms with Gasteiger partial charge in [-0.2, -0.15) is 13.2 Å². The van der Waals surface area contributed by atoms with Crippen LogP contribution in [0.2, 0.25) is 0 Å². The van der Waals surface area contributed by atoms with Crippen molar-refractivity contribution in [3.05, 3.63) is 6.20 Å². The molecule has 0 aliphatic heterocycles. The standard InChI is InChI=1S/C6H8F3N3S/c1-12(3-6(7,8)9)5-11-2-4(10)13-5/h2H,3,10H2,1H3. The molecule has 2 N–H and O–H groups in total. The summed E-state index contributed by atoms with van der Waals surface area (Å²) in [5, 5.41) is 0.679. The van der Waals surface area contributed by atoms with Crippen LogP contribution in [0.4, 0.5) is 23.3 Å². The summed E-state index contributed by atoms with van der Waals surface area (Å²) in [6.45, 7) is -1.01. The topological polar surface area (TPSA) is 42.2 Å². The minimum Gasteiger partial charge on any atom is -0.389 e. The lowest BCUT2D eigenvalue weighted by atomic mass is 10.6. The van der Waals surface area contributed by atoms with Crippen LogP contribution in [0.3, 0.4) is 0 Å². The Hall–Kier alpha value is -0.980. The number of nitrogens with zero attached hydrogens (tertiary/aromatic N) is 2. The van der Waals surface area contributed by atoms with Crippen molar-refractivity contribution in [2.24, 2.45) is 0 Å². The molecule has 0 saturated carbocycles. The Balaban J connectivity index is 2.64. The van der Waals surface area contributed by atoms with E-state index in [0.717, 1.165) is 16.2 Å². The lowest BCUT2D eigenvalue weighted by Gasteiger charge is -2.17. The highest BCUT2D eigenvalue weighted by atomic mass is 32.1.